The standard InChI is InChI=1S/C12H17NO4/c1-2-3-4-5-6-7-11(15)13-9-10(14)8-12(16)17/h2-5H,6-9H2,1H3,(H,13,15)(H,16,17)/b3-2+,5-4+. The topological polar surface area (TPSA) is 83.5 Å². The van der Waals surface area contributed by atoms with Crippen molar-refractivity contribution in [3.63, 3.8) is 0 Å². The molecule has 0 heterocycles. The highest BCUT2D eigenvalue weighted by molar-refractivity contribution is 5.97. The number of hydrogen-bond donors (Lipinski definition) is 2. The second-order valence-electron chi connectivity index (χ2n) is 3.38. The summed E-state index contributed by atoms with van der Waals surface area (Å²) in [4.78, 5) is 32.3. The van der Waals surface area contributed by atoms with Crippen LogP contribution < -0.4 is 5.32 Å². The van der Waals surface area contributed by atoms with Gasteiger partial charge in [-0.25, -0.2) is 0 Å². The second-order valence-corrected chi connectivity index (χ2v) is 3.38. The van der Waals surface area contributed by atoms with Crippen molar-refractivity contribution < 1.29 is 19.5 Å². The number of aliphatic carboxylic acids is 1. The van der Waals surface area contributed by atoms with E-state index in [9.17, 15) is 14.4 Å². The number of Topliss-reactive ketones (excluding diaryl/α,β-unsaturated/α-hetero) is 1. The fourth-order valence-corrected chi connectivity index (χ4v) is 1.02. The molecule has 5 nitrogen and oxygen atoms in total. The molecule has 0 aliphatic carbocycles. The van der Waals surface area contributed by atoms with Gasteiger partial charge in [-0.3, -0.25) is 14.4 Å². The van der Waals surface area contributed by atoms with Crippen molar-refractivity contribution in [2.45, 2.75) is 26.2 Å². The Morgan fingerprint density at radius 2 is 1.94 bits per heavy atom. The van der Waals surface area contributed by atoms with Crippen molar-refractivity contribution in [1.29, 1.82) is 0 Å². The van der Waals surface area contributed by atoms with Crippen LogP contribution in [0.1, 0.15) is 26.2 Å². The second kappa shape index (κ2) is 9.33. The van der Waals surface area contributed by atoms with Gasteiger partial charge in [0.05, 0.1) is 6.54 Å². The van der Waals surface area contributed by atoms with Gasteiger partial charge < -0.3 is 10.4 Å². The molecule has 94 valence electrons. The Morgan fingerprint density at radius 1 is 1.24 bits per heavy atom. The van der Waals surface area contributed by atoms with Crippen LogP contribution >= 0.6 is 0 Å². The van der Waals surface area contributed by atoms with Crippen LogP contribution in [0, 0.1) is 0 Å². The van der Waals surface area contributed by atoms with E-state index in [0.717, 1.165) is 0 Å². The summed E-state index contributed by atoms with van der Waals surface area (Å²) in [5, 5.41) is 10.7. The van der Waals surface area contributed by atoms with Crippen LogP contribution in [0.5, 0.6) is 0 Å². The number of hydrogen-bond acceptors (Lipinski definition) is 3. The quantitative estimate of drug-likeness (QED) is 0.490. The molecule has 0 atom stereocenters. The Morgan fingerprint density at radius 3 is 2.53 bits per heavy atom. The van der Waals surface area contributed by atoms with Crippen molar-refractivity contribution in [3.05, 3.63) is 24.3 Å². The zero-order valence-electron chi connectivity index (χ0n) is 9.81. The summed E-state index contributed by atoms with van der Waals surface area (Å²) >= 11 is 0. The number of amides is 1. The highest BCUT2D eigenvalue weighted by atomic mass is 16.4. The summed E-state index contributed by atoms with van der Waals surface area (Å²) in [7, 11) is 0. The zero-order valence-corrected chi connectivity index (χ0v) is 9.81. The third kappa shape index (κ3) is 10.4. The molecule has 0 aliphatic rings. The molecule has 0 saturated heterocycles. The maximum Gasteiger partial charge on any atom is 0.310 e. The summed E-state index contributed by atoms with van der Waals surface area (Å²) in [6.07, 6.45) is 7.73. The third-order valence-corrected chi connectivity index (χ3v) is 1.81. The van der Waals surface area contributed by atoms with E-state index < -0.39 is 18.2 Å². The summed E-state index contributed by atoms with van der Waals surface area (Å²) < 4.78 is 0. The van der Waals surface area contributed by atoms with Gasteiger partial charge in [0, 0.05) is 6.42 Å². The van der Waals surface area contributed by atoms with Crippen LogP contribution in [0.3, 0.4) is 0 Å². The maximum absolute atomic E-state index is 11.2. The van der Waals surface area contributed by atoms with Gasteiger partial charge in [0.15, 0.2) is 5.78 Å². The molecule has 0 bridgehead atoms. The number of carboxylic acid groups (broad SMARTS) is 1. The first-order valence-corrected chi connectivity index (χ1v) is 5.34. The zero-order chi connectivity index (χ0) is 13.1. The Hall–Kier alpha value is -1.91. The molecule has 0 aliphatic heterocycles. The first-order valence-electron chi connectivity index (χ1n) is 5.34. The van der Waals surface area contributed by atoms with E-state index in [2.05, 4.69) is 5.32 Å². The molecule has 0 radical (unpaired) electrons. The Balaban J connectivity index is 3.66. The summed E-state index contributed by atoms with van der Waals surface area (Å²) in [5.74, 6) is -1.94. The maximum atomic E-state index is 11.2. The molecule has 17 heavy (non-hydrogen) atoms. The molecule has 0 unspecified atom stereocenters. The van der Waals surface area contributed by atoms with Crippen molar-refractivity contribution in [1.82, 2.24) is 5.32 Å². The summed E-state index contributed by atoms with van der Waals surface area (Å²) in [6.45, 7) is 1.68. The molecular weight excluding hydrogens is 222 g/mol. The number of carbonyl (C=O) groups excluding carboxylic acids is 2. The minimum atomic E-state index is -1.18. The number of ketones is 1. The largest absolute Gasteiger partial charge is 0.481 e. The lowest BCUT2D eigenvalue weighted by Gasteiger charge is -2.01. The van der Waals surface area contributed by atoms with Gasteiger partial charge in [-0.05, 0) is 13.3 Å². The van der Waals surface area contributed by atoms with Crippen molar-refractivity contribution in [2.24, 2.45) is 0 Å². The average molecular weight is 239 g/mol. The molecule has 0 aromatic rings. The molecular formula is C12H17NO4. The molecule has 5 heteroatoms. The average Bonchev–Trinajstić information content (AvgIpc) is 2.25. The Bertz CT molecular complexity index is 331. The van der Waals surface area contributed by atoms with Crippen LogP contribution in [0.15, 0.2) is 24.3 Å². The van der Waals surface area contributed by atoms with Crippen molar-refractivity contribution in [3.8, 4) is 0 Å². The van der Waals surface area contributed by atoms with Crippen LogP contribution in [-0.4, -0.2) is 29.3 Å². The van der Waals surface area contributed by atoms with Crippen molar-refractivity contribution >= 4 is 17.7 Å². The predicted octanol–water partition coefficient (Wildman–Crippen LogP) is 1.06. The number of carboxylic acids is 1. The lowest BCUT2D eigenvalue weighted by molar-refractivity contribution is -0.140. The number of rotatable bonds is 8. The van der Waals surface area contributed by atoms with Gasteiger partial charge in [-0.1, -0.05) is 24.3 Å². The lowest BCUT2D eigenvalue weighted by atomic mass is 10.2. The van der Waals surface area contributed by atoms with Crippen LogP contribution in [0.25, 0.3) is 0 Å². The smallest absolute Gasteiger partial charge is 0.310 e. The molecule has 0 aromatic carbocycles. The monoisotopic (exact) mass is 239 g/mol. The minimum Gasteiger partial charge on any atom is -0.481 e. The molecule has 2 N–H and O–H groups in total. The summed E-state index contributed by atoms with van der Waals surface area (Å²) in [5.41, 5.74) is 0. The van der Waals surface area contributed by atoms with Gasteiger partial charge in [0.25, 0.3) is 0 Å². The number of nitrogens with one attached hydrogen (secondary N) is 1. The fourth-order valence-electron chi connectivity index (χ4n) is 1.02. The van der Waals surface area contributed by atoms with Gasteiger partial charge in [-0.2, -0.15) is 0 Å². The van der Waals surface area contributed by atoms with Crippen molar-refractivity contribution in [2.75, 3.05) is 6.54 Å². The lowest BCUT2D eigenvalue weighted by Crippen LogP contribution is -2.30. The molecule has 0 spiro atoms. The first-order chi connectivity index (χ1) is 8.06. The van der Waals surface area contributed by atoms with Gasteiger partial charge in [0.2, 0.25) is 5.91 Å². The van der Waals surface area contributed by atoms with Gasteiger partial charge >= 0.3 is 5.97 Å². The molecule has 0 fully saturated rings. The normalized spacial score (nSPS) is 10.9. The van der Waals surface area contributed by atoms with E-state index in [4.69, 9.17) is 5.11 Å². The first kappa shape index (κ1) is 15.1. The molecule has 1 amide bonds. The number of carbonyl (C=O) groups is 3. The summed E-state index contributed by atoms with van der Waals surface area (Å²) in [6, 6.07) is 0. The van der Waals surface area contributed by atoms with E-state index in [1.54, 1.807) is 0 Å². The molecule has 0 aromatic heterocycles. The number of allylic oxidation sites excluding steroid dienone is 4. The van der Waals surface area contributed by atoms with E-state index in [0.29, 0.717) is 6.42 Å². The van der Waals surface area contributed by atoms with Gasteiger partial charge in [0.1, 0.15) is 6.42 Å². The predicted molar refractivity (Wildman–Crippen MR) is 63.5 cm³/mol. The molecule has 0 saturated carbocycles. The fraction of sp³-hybridized carbons (Fsp3) is 0.417. The van der Waals surface area contributed by atoms with E-state index >= 15 is 0 Å². The van der Waals surface area contributed by atoms with Crippen LogP contribution in [-0.2, 0) is 14.4 Å². The van der Waals surface area contributed by atoms with E-state index in [1.165, 1.54) is 0 Å². The Labute approximate surface area is 100 Å². The molecule has 0 rings (SSSR count). The van der Waals surface area contributed by atoms with E-state index in [-0.39, 0.29) is 18.9 Å². The Kier molecular flexibility index (Phi) is 8.28. The highest BCUT2D eigenvalue weighted by Gasteiger charge is 2.08. The van der Waals surface area contributed by atoms with Gasteiger partial charge in [-0.15, -0.1) is 0 Å². The minimum absolute atomic E-state index is 0.219. The SMILES string of the molecule is C/C=C/C=C/CCC(=O)NCC(=O)CC(=O)O. The van der Waals surface area contributed by atoms with Crippen LogP contribution in [0.2, 0.25) is 0 Å². The van der Waals surface area contributed by atoms with Crippen LogP contribution in [0.4, 0.5) is 0 Å². The third-order valence-electron chi connectivity index (χ3n) is 1.81. The highest BCUT2D eigenvalue weighted by Crippen LogP contribution is 1.92. The van der Waals surface area contributed by atoms with E-state index in [1.807, 2.05) is 31.2 Å².